The summed E-state index contributed by atoms with van der Waals surface area (Å²) in [7, 11) is 0. The molecule has 5 aliphatic rings. The van der Waals surface area contributed by atoms with Crippen molar-refractivity contribution >= 4 is 18.2 Å². The molecule has 0 saturated heterocycles. The predicted octanol–water partition coefficient (Wildman–Crippen LogP) is 3.92. The minimum atomic E-state index is -0.834. The fourth-order valence-corrected chi connectivity index (χ4v) is 8.92. The lowest BCUT2D eigenvalue weighted by molar-refractivity contribution is -0.855. The molecule has 0 radical (unpaired) electrons. The van der Waals surface area contributed by atoms with E-state index in [9.17, 15) is 20.1 Å². The molecule has 7 rings (SSSR count). The van der Waals surface area contributed by atoms with Gasteiger partial charge in [0.15, 0.2) is 11.5 Å². The Kier molecular flexibility index (Phi) is 8.91. The van der Waals surface area contributed by atoms with Gasteiger partial charge in [-0.3, -0.25) is 19.7 Å². The number of phenolic OH excluding ortho intramolecular Hbond substituents is 1. The van der Waals surface area contributed by atoms with Gasteiger partial charge in [-0.15, -0.1) is 0 Å². The number of fused-ring (bicyclic) bond motifs is 3. The maximum Gasteiger partial charge on any atom is 0.227 e. The molecule has 1 saturated carbocycles. The molecule has 2 aromatic rings. The van der Waals surface area contributed by atoms with Gasteiger partial charge in [-0.05, 0) is 84.4 Å². The number of aliphatic hydroxyl groups excluding tert-OH is 2. The number of nitrogens with one attached hydrogen (secondary N) is 1. The van der Waals surface area contributed by atoms with Gasteiger partial charge in [0.1, 0.15) is 30.4 Å². The van der Waals surface area contributed by atoms with Crippen LogP contribution in [0.5, 0.6) is 11.5 Å². The number of nitrogens with two attached hydrogens (primary N) is 1. The number of carbonyl (C=O) groups is 1. The molecule has 0 aromatic heterocycles. The lowest BCUT2D eigenvalue weighted by atomic mass is 9.57. The van der Waals surface area contributed by atoms with Crippen molar-refractivity contribution in [3.63, 3.8) is 0 Å². The van der Waals surface area contributed by atoms with E-state index >= 15 is 0 Å². The summed E-state index contributed by atoms with van der Waals surface area (Å²) in [5.41, 5.74) is 14.9. The molecule has 2 aliphatic carbocycles. The summed E-state index contributed by atoms with van der Waals surface area (Å²) in [5.74, 6) is 1.26. The van der Waals surface area contributed by atoms with Crippen LogP contribution in [0.1, 0.15) is 99.0 Å². The number of hydrogen-bond acceptors (Lipinski definition) is 8. The standard InChI is InChI=1S/C38H46N4O5/c1-2-5-26(43)16-28(45)17-27(44)11-9-23-10-12-34(46)35(14-23)47-22-42-20-30-32(19-40-33(30)21-42)38-13-4-6-25(38)15-24-18-41-37(39)29-7-3-8-31(38)36(24)29/h3,7-8,10,12,14,18-19,21,24-26,28,37,43,45-46H,2,4-6,9,11,13,15-17,20,22,39H2,1H3/p+1. The molecular weight excluding hydrogens is 592 g/mol. The molecule has 248 valence electrons. The number of phenols is 1. The Labute approximate surface area is 276 Å². The Morgan fingerprint density at radius 3 is 2.94 bits per heavy atom. The van der Waals surface area contributed by atoms with Crippen molar-refractivity contribution in [2.24, 2.45) is 21.6 Å². The van der Waals surface area contributed by atoms with Gasteiger partial charge in [-0.1, -0.05) is 44.0 Å². The van der Waals surface area contributed by atoms with Crippen LogP contribution in [0.25, 0.3) is 0 Å². The monoisotopic (exact) mass is 639 g/mol. The number of carbonyl (C=O) groups excluding carboxylic acids is 1. The number of hydrogen-bond donors (Lipinski definition) is 5. The third-order valence-corrected chi connectivity index (χ3v) is 11.0. The van der Waals surface area contributed by atoms with Crippen LogP contribution in [0.15, 0.2) is 69.4 Å². The maximum atomic E-state index is 12.5. The van der Waals surface area contributed by atoms with E-state index in [0.717, 1.165) is 47.5 Å². The third-order valence-electron chi connectivity index (χ3n) is 11.0. The van der Waals surface area contributed by atoms with E-state index in [0.29, 0.717) is 37.2 Å². The van der Waals surface area contributed by atoms with Crippen molar-refractivity contribution in [1.82, 2.24) is 0 Å². The van der Waals surface area contributed by atoms with Gasteiger partial charge in [0, 0.05) is 42.2 Å². The molecular formula is C38H47N4O5+. The van der Waals surface area contributed by atoms with Crippen molar-refractivity contribution in [2.75, 3.05) is 13.3 Å². The van der Waals surface area contributed by atoms with Gasteiger partial charge in [-0.25, -0.2) is 0 Å². The third kappa shape index (κ3) is 5.99. The minimum Gasteiger partial charge on any atom is -0.504 e. The lowest BCUT2D eigenvalue weighted by Crippen LogP contribution is -3.07. The minimum absolute atomic E-state index is 0.0344. The normalized spacial score (nSPS) is 28.1. The summed E-state index contributed by atoms with van der Waals surface area (Å²) in [4.78, 5) is 23.2. The van der Waals surface area contributed by atoms with Gasteiger partial charge in [0.2, 0.25) is 6.73 Å². The number of Topliss-reactive ketones (excluding diaryl/α,β-unsaturated/α-hetero) is 1. The quantitative estimate of drug-likeness (QED) is 0.225. The summed E-state index contributed by atoms with van der Waals surface area (Å²) in [6.07, 6.45) is 11.7. The molecule has 3 heterocycles. The molecule has 47 heavy (non-hydrogen) atoms. The summed E-state index contributed by atoms with van der Waals surface area (Å²) < 4.78 is 6.16. The number of allylic oxidation sites excluding steroid dienone is 1. The van der Waals surface area contributed by atoms with E-state index in [1.165, 1.54) is 35.1 Å². The van der Waals surface area contributed by atoms with Crippen molar-refractivity contribution in [3.05, 3.63) is 81.7 Å². The summed E-state index contributed by atoms with van der Waals surface area (Å²) in [6, 6.07) is 11.8. The highest BCUT2D eigenvalue weighted by atomic mass is 16.5. The molecule has 9 heteroatoms. The van der Waals surface area contributed by atoms with Crippen LogP contribution in [0, 0.1) is 5.92 Å². The SMILES string of the molecule is CCCC(O)CC(O)CC(=O)CCc1ccc(O)c(OC[NH+]2C=C3N=CC(C45CCCC4CC4C=NC(N)c6cccc5c64)=C3C2)c1. The fourth-order valence-electron chi connectivity index (χ4n) is 8.92. The molecule has 2 aromatic carbocycles. The maximum absolute atomic E-state index is 12.5. The van der Waals surface area contributed by atoms with Gasteiger partial charge >= 0.3 is 0 Å². The van der Waals surface area contributed by atoms with Crippen LogP contribution in [0.3, 0.4) is 0 Å². The molecule has 1 fully saturated rings. The molecule has 0 bridgehead atoms. The van der Waals surface area contributed by atoms with Crippen molar-refractivity contribution < 1.29 is 29.8 Å². The van der Waals surface area contributed by atoms with Gasteiger partial charge in [0.05, 0.1) is 12.2 Å². The number of aryl methyl sites for hydroxylation is 1. The highest BCUT2D eigenvalue weighted by Crippen LogP contribution is 2.60. The zero-order valence-corrected chi connectivity index (χ0v) is 27.2. The van der Waals surface area contributed by atoms with E-state index < -0.39 is 12.2 Å². The summed E-state index contributed by atoms with van der Waals surface area (Å²) in [6.45, 7) is 3.08. The van der Waals surface area contributed by atoms with Crippen molar-refractivity contribution in [3.8, 4) is 11.5 Å². The summed E-state index contributed by atoms with van der Waals surface area (Å²) >= 11 is 0. The largest absolute Gasteiger partial charge is 0.504 e. The van der Waals surface area contributed by atoms with E-state index in [4.69, 9.17) is 15.5 Å². The Morgan fingerprint density at radius 1 is 1.21 bits per heavy atom. The van der Waals surface area contributed by atoms with Crippen LogP contribution in [0.4, 0.5) is 0 Å². The van der Waals surface area contributed by atoms with Crippen LogP contribution < -0.4 is 15.4 Å². The number of ether oxygens (including phenoxy) is 1. The molecule has 3 aliphatic heterocycles. The second-order valence-corrected chi connectivity index (χ2v) is 14.1. The fraction of sp³-hybridized carbons (Fsp3) is 0.500. The number of aromatic hydroxyl groups is 1. The van der Waals surface area contributed by atoms with E-state index in [1.54, 1.807) is 18.2 Å². The average Bonchev–Trinajstić information content (AvgIpc) is 3.77. The highest BCUT2D eigenvalue weighted by Gasteiger charge is 2.54. The zero-order chi connectivity index (χ0) is 32.7. The predicted molar refractivity (Wildman–Crippen MR) is 181 cm³/mol. The number of nitrogens with zero attached hydrogens (tertiary/aromatic N) is 2. The number of ketones is 1. The molecule has 0 amide bonds. The first-order valence-corrected chi connectivity index (χ1v) is 17.4. The number of quaternary nitrogens is 1. The Balaban J connectivity index is 1.02. The Bertz CT molecular complexity index is 1660. The van der Waals surface area contributed by atoms with Crippen LogP contribution in [-0.4, -0.2) is 59.0 Å². The smallest absolute Gasteiger partial charge is 0.227 e. The van der Waals surface area contributed by atoms with E-state index in [-0.39, 0.29) is 42.4 Å². The molecule has 0 spiro atoms. The lowest BCUT2D eigenvalue weighted by Gasteiger charge is -2.46. The average molecular weight is 640 g/mol. The number of aliphatic hydroxyl groups is 2. The van der Waals surface area contributed by atoms with E-state index in [2.05, 4.69) is 41.8 Å². The van der Waals surface area contributed by atoms with Crippen molar-refractivity contribution in [2.45, 2.75) is 101 Å². The molecule has 7 atom stereocenters. The molecule has 9 nitrogen and oxygen atoms in total. The van der Waals surface area contributed by atoms with Gasteiger partial charge < -0.3 is 25.8 Å². The van der Waals surface area contributed by atoms with Crippen molar-refractivity contribution in [1.29, 1.82) is 0 Å². The Hall–Kier alpha value is -3.63. The van der Waals surface area contributed by atoms with Crippen LogP contribution >= 0.6 is 0 Å². The molecule has 6 N–H and O–H groups in total. The highest BCUT2D eigenvalue weighted by molar-refractivity contribution is 5.91. The van der Waals surface area contributed by atoms with E-state index in [1.807, 2.05) is 6.92 Å². The van der Waals surface area contributed by atoms with Crippen LogP contribution in [0.2, 0.25) is 0 Å². The van der Waals surface area contributed by atoms with Gasteiger partial charge in [-0.2, -0.15) is 0 Å². The van der Waals surface area contributed by atoms with Gasteiger partial charge in [0.25, 0.3) is 0 Å². The first-order valence-electron chi connectivity index (χ1n) is 17.4. The number of aliphatic imine (C=N–C) groups is 2. The zero-order valence-electron chi connectivity index (χ0n) is 27.2. The topological polar surface area (TPSA) is 142 Å². The second-order valence-electron chi connectivity index (χ2n) is 14.1. The molecule has 7 unspecified atom stereocenters. The summed E-state index contributed by atoms with van der Waals surface area (Å²) in [5, 5.41) is 30.7. The number of rotatable bonds is 13. The number of benzene rings is 2. The Morgan fingerprint density at radius 2 is 2.09 bits per heavy atom. The van der Waals surface area contributed by atoms with Crippen LogP contribution in [-0.2, 0) is 16.6 Å². The second kappa shape index (κ2) is 13.1. The first kappa shape index (κ1) is 31.9. The first-order chi connectivity index (χ1) is 22.8.